The van der Waals surface area contributed by atoms with Gasteiger partial charge in [-0.2, -0.15) is 0 Å². The predicted octanol–water partition coefficient (Wildman–Crippen LogP) is 3.31. The SMILES string of the molecule is CC1/C=C\C=C/CCCC1. The maximum Gasteiger partial charge on any atom is -0.0259 e. The van der Waals surface area contributed by atoms with E-state index in [4.69, 9.17) is 0 Å². The molecule has 56 valence electrons. The van der Waals surface area contributed by atoms with Gasteiger partial charge in [0, 0.05) is 0 Å². The largest absolute Gasteiger partial charge is 0.0845 e. The fraction of sp³-hybridized carbons (Fsp3) is 0.600. The Morgan fingerprint density at radius 2 is 2.10 bits per heavy atom. The lowest BCUT2D eigenvalue weighted by Crippen LogP contribution is -1.87. The Bertz CT molecular complexity index is 131. The predicted molar refractivity (Wildman–Crippen MR) is 45.9 cm³/mol. The highest BCUT2D eigenvalue weighted by molar-refractivity contribution is 5.04. The summed E-state index contributed by atoms with van der Waals surface area (Å²) < 4.78 is 0. The molecule has 1 rings (SSSR count). The van der Waals surface area contributed by atoms with Gasteiger partial charge >= 0.3 is 0 Å². The molecule has 0 amide bonds. The summed E-state index contributed by atoms with van der Waals surface area (Å²) in [6.45, 7) is 2.29. The van der Waals surface area contributed by atoms with E-state index in [-0.39, 0.29) is 0 Å². The van der Waals surface area contributed by atoms with Crippen LogP contribution in [0.2, 0.25) is 0 Å². The van der Waals surface area contributed by atoms with Crippen molar-refractivity contribution in [1.82, 2.24) is 0 Å². The second-order valence-corrected chi connectivity index (χ2v) is 3.07. The molecule has 10 heavy (non-hydrogen) atoms. The van der Waals surface area contributed by atoms with Gasteiger partial charge in [0.05, 0.1) is 0 Å². The molecule has 0 spiro atoms. The normalized spacial score (nSPS) is 33.5. The molecule has 0 aromatic rings. The van der Waals surface area contributed by atoms with Crippen molar-refractivity contribution in [2.24, 2.45) is 5.92 Å². The van der Waals surface area contributed by atoms with E-state index in [0.29, 0.717) is 0 Å². The van der Waals surface area contributed by atoms with Crippen LogP contribution in [0.1, 0.15) is 32.6 Å². The molecule has 1 atom stereocenters. The van der Waals surface area contributed by atoms with Crippen molar-refractivity contribution < 1.29 is 0 Å². The summed E-state index contributed by atoms with van der Waals surface area (Å²) in [5.74, 6) is 0.780. The molecule has 0 heterocycles. The van der Waals surface area contributed by atoms with Gasteiger partial charge in [-0.05, 0) is 25.2 Å². The first-order valence-corrected chi connectivity index (χ1v) is 4.23. The molecule has 0 bridgehead atoms. The van der Waals surface area contributed by atoms with Crippen molar-refractivity contribution >= 4 is 0 Å². The summed E-state index contributed by atoms with van der Waals surface area (Å²) in [6.07, 6.45) is 14.3. The van der Waals surface area contributed by atoms with E-state index in [1.807, 2.05) is 0 Å². The van der Waals surface area contributed by atoms with Gasteiger partial charge in [0.2, 0.25) is 0 Å². The second-order valence-electron chi connectivity index (χ2n) is 3.07. The van der Waals surface area contributed by atoms with E-state index in [1.165, 1.54) is 25.7 Å². The molecule has 0 heteroatoms. The van der Waals surface area contributed by atoms with E-state index >= 15 is 0 Å². The van der Waals surface area contributed by atoms with E-state index in [9.17, 15) is 0 Å². The first kappa shape index (κ1) is 7.59. The minimum Gasteiger partial charge on any atom is -0.0845 e. The molecule has 1 aliphatic rings. The van der Waals surface area contributed by atoms with Crippen LogP contribution in [0.5, 0.6) is 0 Å². The van der Waals surface area contributed by atoms with Crippen LogP contribution in [0.15, 0.2) is 24.3 Å². The van der Waals surface area contributed by atoms with Crippen LogP contribution in [0.4, 0.5) is 0 Å². The van der Waals surface area contributed by atoms with E-state index in [0.717, 1.165) is 5.92 Å². The fourth-order valence-electron chi connectivity index (χ4n) is 1.25. The molecule has 0 aromatic carbocycles. The monoisotopic (exact) mass is 136 g/mol. The number of hydrogen-bond acceptors (Lipinski definition) is 0. The highest BCUT2D eigenvalue weighted by Crippen LogP contribution is 2.12. The quantitative estimate of drug-likeness (QED) is 0.479. The van der Waals surface area contributed by atoms with E-state index < -0.39 is 0 Å². The summed E-state index contributed by atoms with van der Waals surface area (Å²) >= 11 is 0. The minimum absolute atomic E-state index is 0.780. The van der Waals surface area contributed by atoms with Crippen molar-refractivity contribution in [3.8, 4) is 0 Å². The smallest absolute Gasteiger partial charge is 0.0259 e. The Morgan fingerprint density at radius 3 is 3.00 bits per heavy atom. The third kappa shape index (κ3) is 2.86. The Kier molecular flexibility index (Phi) is 3.28. The highest BCUT2D eigenvalue weighted by atomic mass is 14.0. The van der Waals surface area contributed by atoms with Gasteiger partial charge in [0.25, 0.3) is 0 Å². The molecule has 1 unspecified atom stereocenters. The molecule has 0 saturated heterocycles. The van der Waals surface area contributed by atoms with E-state index in [1.54, 1.807) is 0 Å². The molecule has 1 aliphatic carbocycles. The van der Waals surface area contributed by atoms with Crippen LogP contribution in [0.3, 0.4) is 0 Å². The number of hydrogen-bond donors (Lipinski definition) is 0. The Balaban J connectivity index is 2.40. The average molecular weight is 136 g/mol. The van der Waals surface area contributed by atoms with Crippen LogP contribution in [-0.4, -0.2) is 0 Å². The Hall–Kier alpha value is -0.520. The van der Waals surface area contributed by atoms with Crippen LogP contribution in [0, 0.1) is 5.92 Å². The average Bonchev–Trinajstić information content (AvgIpc) is 2.02. The standard InChI is InChI=1S/C10H16/c1-10-8-6-4-2-3-5-7-9-10/h2,4,6,8,10H,3,5,7,9H2,1H3/b4-2-,8-6-. The second kappa shape index (κ2) is 4.32. The van der Waals surface area contributed by atoms with Gasteiger partial charge in [-0.15, -0.1) is 0 Å². The van der Waals surface area contributed by atoms with Gasteiger partial charge in [-0.25, -0.2) is 0 Å². The zero-order valence-corrected chi connectivity index (χ0v) is 6.72. The van der Waals surface area contributed by atoms with E-state index in [2.05, 4.69) is 31.2 Å². The third-order valence-corrected chi connectivity index (χ3v) is 1.97. The van der Waals surface area contributed by atoms with Crippen molar-refractivity contribution in [2.75, 3.05) is 0 Å². The molecule has 0 aliphatic heterocycles. The molecule has 0 saturated carbocycles. The lowest BCUT2D eigenvalue weighted by molar-refractivity contribution is 0.587. The van der Waals surface area contributed by atoms with Gasteiger partial charge in [0.15, 0.2) is 0 Å². The molecule has 0 nitrogen and oxygen atoms in total. The van der Waals surface area contributed by atoms with Crippen molar-refractivity contribution in [3.05, 3.63) is 24.3 Å². The molecule has 0 radical (unpaired) electrons. The maximum absolute atomic E-state index is 2.29. The van der Waals surface area contributed by atoms with Crippen LogP contribution in [-0.2, 0) is 0 Å². The van der Waals surface area contributed by atoms with Crippen LogP contribution < -0.4 is 0 Å². The van der Waals surface area contributed by atoms with Crippen molar-refractivity contribution in [2.45, 2.75) is 32.6 Å². The summed E-state index contributed by atoms with van der Waals surface area (Å²) in [6, 6.07) is 0. The van der Waals surface area contributed by atoms with Crippen molar-refractivity contribution in [3.63, 3.8) is 0 Å². The number of rotatable bonds is 0. The lowest BCUT2D eigenvalue weighted by atomic mass is 10.0. The topological polar surface area (TPSA) is 0 Å². The summed E-state index contributed by atoms with van der Waals surface area (Å²) in [5.41, 5.74) is 0. The van der Waals surface area contributed by atoms with Crippen LogP contribution in [0.25, 0.3) is 0 Å². The molecule has 0 fully saturated rings. The first-order valence-electron chi connectivity index (χ1n) is 4.23. The first-order chi connectivity index (χ1) is 4.89. The zero-order chi connectivity index (χ0) is 7.23. The summed E-state index contributed by atoms with van der Waals surface area (Å²) in [4.78, 5) is 0. The molecular formula is C10H16. The molecular weight excluding hydrogens is 120 g/mol. The summed E-state index contributed by atoms with van der Waals surface area (Å²) in [7, 11) is 0. The molecule has 0 N–H and O–H groups in total. The van der Waals surface area contributed by atoms with Gasteiger partial charge in [-0.1, -0.05) is 37.6 Å². The van der Waals surface area contributed by atoms with Gasteiger partial charge in [0.1, 0.15) is 0 Å². The zero-order valence-electron chi connectivity index (χ0n) is 6.72. The highest BCUT2D eigenvalue weighted by Gasteiger charge is 1.96. The third-order valence-electron chi connectivity index (χ3n) is 1.97. The fourth-order valence-corrected chi connectivity index (χ4v) is 1.25. The lowest BCUT2D eigenvalue weighted by Gasteiger charge is -2.02. The number of allylic oxidation sites excluding steroid dienone is 4. The Labute approximate surface area is 63.6 Å². The van der Waals surface area contributed by atoms with Gasteiger partial charge < -0.3 is 0 Å². The van der Waals surface area contributed by atoms with Crippen molar-refractivity contribution in [1.29, 1.82) is 0 Å². The molecule has 0 aromatic heterocycles. The maximum atomic E-state index is 2.29. The summed E-state index contributed by atoms with van der Waals surface area (Å²) in [5, 5.41) is 0. The van der Waals surface area contributed by atoms with Crippen LogP contribution >= 0.6 is 0 Å². The van der Waals surface area contributed by atoms with Gasteiger partial charge in [-0.3, -0.25) is 0 Å². The minimum atomic E-state index is 0.780. The Morgan fingerprint density at radius 1 is 1.20 bits per heavy atom.